The van der Waals surface area contributed by atoms with Gasteiger partial charge in [0, 0.05) is 0 Å². The zero-order valence-electron chi connectivity index (χ0n) is 7.90. The van der Waals surface area contributed by atoms with E-state index in [0.29, 0.717) is 5.69 Å². The number of carboxylic acid groups (broad SMARTS) is 1. The zero-order chi connectivity index (χ0) is 11.2. The number of anilines is 2. The maximum atomic E-state index is 11.0. The van der Waals surface area contributed by atoms with Crippen LogP contribution in [0, 0.1) is 6.92 Å². The quantitative estimate of drug-likeness (QED) is 0.525. The molecule has 0 spiro atoms. The van der Waals surface area contributed by atoms with Crippen LogP contribution in [0.25, 0.3) is 11.0 Å². The molecule has 2 aromatic rings. The van der Waals surface area contributed by atoms with Gasteiger partial charge in [-0.15, -0.1) is 0 Å². The maximum Gasteiger partial charge on any atom is 0.338 e. The van der Waals surface area contributed by atoms with Crippen molar-refractivity contribution < 1.29 is 9.90 Å². The van der Waals surface area contributed by atoms with Gasteiger partial charge in [0.25, 0.3) is 0 Å². The summed E-state index contributed by atoms with van der Waals surface area (Å²) in [6, 6.07) is 0. The summed E-state index contributed by atoms with van der Waals surface area (Å²) in [6.45, 7) is 1.62. The Morgan fingerprint density at radius 2 is 2.13 bits per heavy atom. The van der Waals surface area contributed by atoms with Crippen molar-refractivity contribution >= 4 is 28.5 Å². The monoisotopic (exact) mass is 207 g/mol. The zero-order valence-corrected chi connectivity index (χ0v) is 7.90. The molecule has 6 N–H and O–H groups in total. The van der Waals surface area contributed by atoms with E-state index >= 15 is 0 Å². The lowest BCUT2D eigenvalue weighted by Crippen LogP contribution is -2.07. The molecule has 0 fully saturated rings. The molecule has 0 unspecified atom stereocenters. The lowest BCUT2D eigenvalue weighted by atomic mass is 10.1. The SMILES string of the molecule is Cc1nc2n[nH]c(N)c2c(C(=O)O)c1N. The summed E-state index contributed by atoms with van der Waals surface area (Å²) in [5, 5.41) is 15.5. The number of hydrogen-bond donors (Lipinski definition) is 4. The van der Waals surface area contributed by atoms with Crippen molar-refractivity contribution in [2.45, 2.75) is 6.92 Å². The highest BCUT2D eigenvalue weighted by atomic mass is 16.4. The van der Waals surface area contributed by atoms with Crippen molar-refractivity contribution in [3.8, 4) is 0 Å². The smallest absolute Gasteiger partial charge is 0.338 e. The first kappa shape index (κ1) is 9.25. The number of fused-ring (bicyclic) bond motifs is 1. The Hall–Kier alpha value is -2.31. The molecule has 2 aromatic heterocycles. The largest absolute Gasteiger partial charge is 0.478 e. The average molecular weight is 207 g/mol. The third-order valence-corrected chi connectivity index (χ3v) is 2.17. The lowest BCUT2D eigenvalue weighted by Gasteiger charge is -2.04. The van der Waals surface area contributed by atoms with Crippen molar-refractivity contribution in [1.82, 2.24) is 15.2 Å². The topological polar surface area (TPSA) is 131 Å². The Morgan fingerprint density at radius 3 is 2.73 bits per heavy atom. The van der Waals surface area contributed by atoms with Crippen LogP contribution in [0.15, 0.2) is 0 Å². The normalized spacial score (nSPS) is 10.7. The first-order valence-corrected chi connectivity index (χ1v) is 4.15. The molecule has 7 heteroatoms. The van der Waals surface area contributed by atoms with E-state index in [1.54, 1.807) is 6.92 Å². The van der Waals surface area contributed by atoms with Crippen molar-refractivity contribution in [3.63, 3.8) is 0 Å². The van der Waals surface area contributed by atoms with Gasteiger partial charge in [-0.2, -0.15) is 5.10 Å². The molecule has 7 nitrogen and oxygen atoms in total. The highest BCUT2D eigenvalue weighted by Gasteiger charge is 2.20. The second-order valence-electron chi connectivity index (χ2n) is 3.13. The number of rotatable bonds is 1. The second kappa shape index (κ2) is 2.84. The molecule has 0 atom stereocenters. The summed E-state index contributed by atoms with van der Waals surface area (Å²) in [6.07, 6.45) is 0. The molecule has 0 saturated heterocycles. The van der Waals surface area contributed by atoms with Gasteiger partial charge < -0.3 is 16.6 Å². The molecule has 0 aliphatic heterocycles. The molecular weight excluding hydrogens is 198 g/mol. The summed E-state index contributed by atoms with van der Waals surface area (Å²) in [5.74, 6) is -0.988. The molecule has 2 rings (SSSR count). The van der Waals surface area contributed by atoms with Crippen LogP contribution >= 0.6 is 0 Å². The number of nitrogens with zero attached hydrogens (tertiary/aromatic N) is 2. The third-order valence-electron chi connectivity index (χ3n) is 2.17. The van der Waals surface area contributed by atoms with E-state index in [-0.39, 0.29) is 28.1 Å². The minimum Gasteiger partial charge on any atom is -0.478 e. The van der Waals surface area contributed by atoms with Crippen LogP contribution in [-0.2, 0) is 0 Å². The summed E-state index contributed by atoms with van der Waals surface area (Å²) in [4.78, 5) is 15.1. The molecular formula is C8H9N5O2. The molecule has 78 valence electrons. The van der Waals surface area contributed by atoms with E-state index < -0.39 is 5.97 Å². The number of aromatic nitrogens is 3. The van der Waals surface area contributed by atoms with Gasteiger partial charge in [-0.05, 0) is 6.92 Å². The third kappa shape index (κ3) is 1.17. The Labute approximate surface area is 84.1 Å². The molecule has 15 heavy (non-hydrogen) atoms. The Morgan fingerprint density at radius 1 is 1.47 bits per heavy atom. The molecule has 0 saturated carbocycles. The van der Waals surface area contributed by atoms with E-state index in [1.807, 2.05) is 0 Å². The first-order valence-electron chi connectivity index (χ1n) is 4.15. The fourth-order valence-corrected chi connectivity index (χ4v) is 1.43. The van der Waals surface area contributed by atoms with Crippen molar-refractivity contribution in [2.24, 2.45) is 0 Å². The number of pyridine rings is 1. The number of aromatic amines is 1. The Balaban J connectivity index is 2.99. The summed E-state index contributed by atoms with van der Waals surface area (Å²) in [7, 11) is 0. The van der Waals surface area contributed by atoms with E-state index in [9.17, 15) is 4.79 Å². The van der Waals surface area contributed by atoms with Crippen molar-refractivity contribution in [3.05, 3.63) is 11.3 Å². The van der Waals surface area contributed by atoms with E-state index in [2.05, 4.69) is 15.2 Å². The van der Waals surface area contributed by atoms with Gasteiger partial charge >= 0.3 is 5.97 Å². The predicted octanol–water partition coefficient (Wildman–Crippen LogP) is 0.129. The lowest BCUT2D eigenvalue weighted by molar-refractivity contribution is 0.0700. The fraction of sp³-hybridized carbons (Fsp3) is 0.125. The maximum absolute atomic E-state index is 11.0. The van der Waals surface area contributed by atoms with Crippen LogP contribution in [0.1, 0.15) is 16.1 Å². The minimum atomic E-state index is -1.14. The number of nitrogens with one attached hydrogen (secondary N) is 1. The summed E-state index contributed by atoms with van der Waals surface area (Å²) in [5.41, 5.74) is 11.9. The number of carboxylic acids is 1. The number of nitrogen functional groups attached to an aromatic ring is 2. The van der Waals surface area contributed by atoms with Crippen molar-refractivity contribution in [2.75, 3.05) is 11.5 Å². The molecule has 0 radical (unpaired) electrons. The van der Waals surface area contributed by atoms with Crippen LogP contribution in [0.4, 0.5) is 11.5 Å². The molecule has 0 amide bonds. The van der Waals surface area contributed by atoms with Gasteiger partial charge in [-0.25, -0.2) is 9.78 Å². The van der Waals surface area contributed by atoms with Crippen LogP contribution in [-0.4, -0.2) is 26.3 Å². The van der Waals surface area contributed by atoms with Gasteiger partial charge in [0.15, 0.2) is 5.65 Å². The van der Waals surface area contributed by atoms with Crippen LogP contribution in [0.2, 0.25) is 0 Å². The molecule has 0 aliphatic rings. The molecule has 0 bridgehead atoms. The van der Waals surface area contributed by atoms with Gasteiger partial charge in [0.1, 0.15) is 5.82 Å². The highest BCUT2D eigenvalue weighted by Crippen LogP contribution is 2.27. The number of H-pyrrole nitrogens is 1. The predicted molar refractivity (Wildman–Crippen MR) is 54.4 cm³/mol. The van der Waals surface area contributed by atoms with E-state index in [4.69, 9.17) is 16.6 Å². The molecule has 2 heterocycles. The number of hydrogen-bond acceptors (Lipinski definition) is 5. The summed E-state index contributed by atoms with van der Waals surface area (Å²) >= 11 is 0. The van der Waals surface area contributed by atoms with Crippen LogP contribution in [0.5, 0.6) is 0 Å². The van der Waals surface area contributed by atoms with Crippen LogP contribution < -0.4 is 11.5 Å². The first-order chi connectivity index (χ1) is 7.02. The molecule has 0 aromatic carbocycles. The van der Waals surface area contributed by atoms with Gasteiger partial charge in [0.05, 0.1) is 22.3 Å². The number of nitrogens with two attached hydrogens (primary N) is 2. The summed E-state index contributed by atoms with van der Waals surface area (Å²) < 4.78 is 0. The van der Waals surface area contributed by atoms with Crippen molar-refractivity contribution in [1.29, 1.82) is 0 Å². The molecule has 0 aliphatic carbocycles. The fourth-order valence-electron chi connectivity index (χ4n) is 1.43. The van der Waals surface area contributed by atoms with E-state index in [0.717, 1.165) is 0 Å². The number of carbonyl (C=O) groups is 1. The van der Waals surface area contributed by atoms with Gasteiger partial charge in [-0.1, -0.05) is 0 Å². The van der Waals surface area contributed by atoms with Gasteiger partial charge in [0.2, 0.25) is 0 Å². The second-order valence-corrected chi connectivity index (χ2v) is 3.13. The van der Waals surface area contributed by atoms with Crippen LogP contribution in [0.3, 0.4) is 0 Å². The number of aromatic carboxylic acids is 1. The minimum absolute atomic E-state index is 0.0521. The van der Waals surface area contributed by atoms with Gasteiger partial charge in [-0.3, -0.25) is 5.10 Å². The standard InChI is InChI=1S/C8H9N5O2/c1-2-5(9)3(8(14)15)4-6(10)12-13-7(4)11-2/h9H2,1H3,(H,14,15)(H3,10,11,12,13). The Kier molecular flexibility index (Phi) is 1.75. The average Bonchev–Trinajstić information content (AvgIpc) is 2.49. The Bertz CT molecular complexity index is 560. The number of aryl methyl sites for hydroxylation is 1. The van der Waals surface area contributed by atoms with E-state index in [1.165, 1.54) is 0 Å². The highest BCUT2D eigenvalue weighted by molar-refractivity contribution is 6.10.